The number of hydrogen-bond donors (Lipinski definition) is 2. The molecule has 9 nitrogen and oxygen atoms in total. The molecule has 2 spiro atoms. The molecule has 4 aliphatic rings. The van der Waals surface area contributed by atoms with Crippen molar-refractivity contribution in [1.82, 2.24) is 15.0 Å². The number of rotatable bonds is 4. The van der Waals surface area contributed by atoms with Crippen molar-refractivity contribution in [2.45, 2.75) is 74.1 Å². The minimum Gasteiger partial charge on any atom is -0.486 e. The summed E-state index contributed by atoms with van der Waals surface area (Å²) < 4.78 is 17.7. The number of nitrogens with one attached hydrogen (secondary N) is 1. The topological polar surface area (TPSA) is 102 Å². The number of anilines is 2. The zero-order chi connectivity index (χ0) is 24.8. The molecule has 194 valence electrons. The van der Waals surface area contributed by atoms with Gasteiger partial charge in [-0.1, -0.05) is 11.8 Å². The lowest BCUT2D eigenvalue weighted by atomic mass is 9.77. The quantitative estimate of drug-likeness (QED) is 0.631. The van der Waals surface area contributed by atoms with Crippen LogP contribution in [0.15, 0.2) is 22.2 Å². The van der Waals surface area contributed by atoms with Crippen LogP contribution in [0.2, 0.25) is 0 Å². The zero-order valence-corrected chi connectivity index (χ0v) is 21.9. The number of nitrogens with zero attached hydrogens (tertiary/aromatic N) is 4. The third kappa shape index (κ3) is 4.53. The lowest BCUT2D eigenvalue weighted by Crippen LogP contribution is -2.51. The van der Waals surface area contributed by atoms with E-state index in [1.165, 1.54) is 11.8 Å². The van der Waals surface area contributed by atoms with Crippen LogP contribution in [0.3, 0.4) is 0 Å². The van der Waals surface area contributed by atoms with Crippen LogP contribution in [0, 0.1) is 12.3 Å². The molecule has 0 aliphatic carbocycles. The summed E-state index contributed by atoms with van der Waals surface area (Å²) >= 11 is 1.51. The van der Waals surface area contributed by atoms with Crippen LogP contribution >= 0.6 is 11.8 Å². The van der Waals surface area contributed by atoms with Crippen LogP contribution in [0.5, 0.6) is 5.75 Å². The second-order valence-electron chi connectivity index (χ2n) is 10.8. The Morgan fingerprint density at radius 3 is 2.69 bits per heavy atom. The van der Waals surface area contributed by atoms with Crippen LogP contribution < -0.4 is 15.0 Å². The molecule has 0 unspecified atom stereocenters. The van der Waals surface area contributed by atoms with Gasteiger partial charge in [-0.05, 0) is 57.4 Å². The number of hydrogen-bond acceptors (Lipinski definition) is 10. The SMILES string of the molecule is Cc1nc(N2CCC3(CC2)CO[C@@H](C)C3)c(CO)nc1Sc1ccnc2c1OCC1(CCOCC1)N2. The number of pyridine rings is 1. The van der Waals surface area contributed by atoms with Gasteiger partial charge in [-0.3, -0.25) is 0 Å². The first-order chi connectivity index (χ1) is 17.5. The fraction of sp³-hybridized carbons (Fsp3) is 0.654. The van der Waals surface area contributed by atoms with E-state index in [0.717, 1.165) is 98.0 Å². The van der Waals surface area contributed by atoms with E-state index in [0.29, 0.717) is 23.8 Å². The fourth-order valence-corrected chi connectivity index (χ4v) is 6.88. The summed E-state index contributed by atoms with van der Waals surface area (Å²) in [6.45, 7) is 8.75. The Morgan fingerprint density at radius 1 is 1.17 bits per heavy atom. The first-order valence-corrected chi connectivity index (χ1v) is 13.8. The average molecular weight is 514 g/mol. The van der Waals surface area contributed by atoms with E-state index in [9.17, 15) is 5.11 Å². The molecule has 6 rings (SSSR count). The van der Waals surface area contributed by atoms with Gasteiger partial charge in [0.15, 0.2) is 17.4 Å². The van der Waals surface area contributed by atoms with E-state index >= 15 is 0 Å². The Kier molecular flexibility index (Phi) is 6.47. The summed E-state index contributed by atoms with van der Waals surface area (Å²) in [6.07, 6.45) is 7.26. The van der Waals surface area contributed by atoms with Crippen molar-refractivity contribution in [3.63, 3.8) is 0 Å². The standard InChI is InChI=1S/C26H35N5O4S/c1-17-13-25(15-34-17)4-9-31(10-5-25)23-19(14-32)29-24(18(2)28-23)36-20-3-8-27-22-21(20)35-16-26(30-22)6-11-33-12-7-26/h3,8,17,32H,4-7,9-16H2,1-2H3,(H,27,30)/t17-/m0/s1. The second-order valence-corrected chi connectivity index (χ2v) is 11.8. The summed E-state index contributed by atoms with van der Waals surface area (Å²) in [5.74, 6) is 2.33. The van der Waals surface area contributed by atoms with E-state index in [1.807, 2.05) is 13.0 Å². The highest BCUT2D eigenvalue weighted by Gasteiger charge is 2.42. The zero-order valence-electron chi connectivity index (χ0n) is 21.1. The van der Waals surface area contributed by atoms with E-state index in [2.05, 4.69) is 22.1 Å². The molecule has 3 fully saturated rings. The van der Waals surface area contributed by atoms with Crippen LogP contribution in [0.25, 0.3) is 0 Å². The molecule has 10 heteroatoms. The predicted octanol–water partition coefficient (Wildman–Crippen LogP) is 3.57. The third-order valence-electron chi connectivity index (χ3n) is 8.15. The Hall–Kier alpha value is -2.14. The van der Waals surface area contributed by atoms with Crippen LogP contribution in [0.1, 0.15) is 50.4 Å². The van der Waals surface area contributed by atoms with Crippen molar-refractivity contribution >= 4 is 23.4 Å². The monoisotopic (exact) mass is 513 g/mol. The van der Waals surface area contributed by atoms with E-state index in [1.54, 1.807) is 6.20 Å². The Morgan fingerprint density at radius 2 is 1.97 bits per heavy atom. The number of aryl methyl sites for hydroxylation is 1. The maximum atomic E-state index is 10.2. The van der Waals surface area contributed by atoms with Crippen LogP contribution in [-0.4, -0.2) is 71.2 Å². The lowest BCUT2D eigenvalue weighted by molar-refractivity contribution is 0.0378. The van der Waals surface area contributed by atoms with Gasteiger partial charge >= 0.3 is 0 Å². The van der Waals surface area contributed by atoms with E-state index in [-0.39, 0.29) is 12.1 Å². The highest BCUT2D eigenvalue weighted by Crippen LogP contribution is 2.45. The summed E-state index contributed by atoms with van der Waals surface area (Å²) in [6, 6.07) is 1.95. The smallest absolute Gasteiger partial charge is 0.175 e. The lowest BCUT2D eigenvalue weighted by Gasteiger charge is -2.41. The van der Waals surface area contributed by atoms with Gasteiger partial charge in [0, 0.05) is 32.5 Å². The highest BCUT2D eigenvalue weighted by molar-refractivity contribution is 7.99. The molecule has 36 heavy (non-hydrogen) atoms. The van der Waals surface area contributed by atoms with Crippen molar-refractivity contribution in [3.8, 4) is 5.75 Å². The Balaban J connectivity index is 1.21. The summed E-state index contributed by atoms with van der Waals surface area (Å²) in [4.78, 5) is 17.6. The molecule has 6 heterocycles. The van der Waals surface area contributed by atoms with Gasteiger partial charge in [-0.2, -0.15) is 0 Å². The molecule has 4 aliphatic heterocycles. The minimum atomic E-state index is -0.144. The van der Waals surface area contributed by atoms with Crippen molar-refractivity contribution in [1.29, 1.82) is 0 Å². The normalized spacial score (nSPS) is 24.4. The molecule has 0 amide bonds. The highest BCUT2D eigenvalue weighted by atomic mass is 32.2. The molecule has 2 aromatic rings. The molecular weight excluding hydrogens is 478 g/mol. The molecular formula is C26H35N5O4S. The van der Waals surface area contributed by atoms with Gasteiger partial charge in [-0.15, -0.1) is 0 Å². The average Bonchev–Trinajstić information content (AvgIpc) is 3.25. The largest absolute Gasteiger partial charge is 0.486 e. The van der Waals surface area contributed by atoms with Gasteiger partial charge in [0.05, 0.1) is 35.4 Å². The molecule has 0 radical (unpaired) electrons. The Bertz CT molecular complexity index is 1120. The summed E-state index contributed by atoms with van der Waals surface area (Å²) in [7, 11) is 0. The number of ether oxygens (including phenoxy) is 3. The number of aromatic nitrogens is 3. The molecule has 0 aromatic carbocycles. The van der Waals surface area contributed by atoms with Crippen LogP contribution in [0.4, 0.5) is 11.6 Å². The van der Waals surface area contributed by atoms with Crippen molar-refractivity contribution in [2.24, 2.45) is 5.41 Å². The van der Waals surface area contributed by atoms with Crippen molar-refractivity contribution in [3.05, 3.63) is 23.7 Å². The number of aliphatic hydroxyl groups excluding tert-OH is 1. The number of fused-ring (bicyclic) bond motifs is 1. The first kappa shape index (κ1) is 24.2. The molecule has 3 saturated heterocycles. The molecule has 2 N–H and O–H groups in total. The molecule has 1 atom stereocenters. The molecule has 0 bridgehead atoms. The second kappa shape index (κ2) is 9.63. The molecule has 0 saturated carbocycles. The van der Waals surface area contributed by atoms with Gasteiger partial charge in [0.25, 0.3) is 0 Å². The van der Waals surface area contributed by atoms with Gasteiger partial charge in [0.1, 0.15) is 17.3 Å². The number of piperidine rings is 1. The summed E-state index contributed by atoms with van der Waals surface area (Å²) in [5, 5.41) is 14.6. The van der Waals surface area contributed by atoms with E-state index in [4.69, 9.17) is 24.2 Å². The fourth-order valence-electron chi connectivity index (χ4n) is 5.94. The van der Waals surface area contributed by atoms with Gasteiger partial charge in [0.2, 0.25) is 0 Å². The predicted molar refractivity (Wildman–Crippen MR) is 137 cm³/mol. The van der Waals surface area contributed by atoms with E-state index < -0.39 is 0 Å². The summed E-state index contributed by atoms with van der Waals surface area (Å²) in [5.41, 5.74) is 1.66. The maximum absolute atomic E-state index is 10.2. The third-order valence-corrected chi connectivity index (χ3v) is 9.27. The van der Waals surface area contributed by atoms with Gasteiger partial charge in [-0.25, -0.2) is 15.0 Å². The van der Waals surface area contributed by atoms with Crippen LogP contribution in [-0.2, 0) is 16.1 Å². The van der Waals surface area contributed by atoms with Crippen molar-refractivity contribution < 1.29 is 19.3 Å². The molecule has 2 aromatic heterocycles. The first-order valence-electron chi connectivity index (χ1n) is 13.0. The maximum Gasteiger partial charge on any atom is 0.175 e. The number of aliphatic hydroxyl groups is 1. The van der Waals surface area contributed by atoms with Crippen molar-refractivity contribution in [2.75, 3.05) is 49.7 Å². The van der Waals surface area contributed by atoms with Gasteiger partial charge < -0.3 is 29.5 Å². The Labute approximate surface area is 216 Å². The minimum absolute atomic E-state index is 0.112.